The monoisotopic (exact) mass is 628 g/mol. The number of alkyl carbamates (subject to hydrolysis) is 1. The van der Waals surface area contributed by atoms with Crippen molar-refractivity contribution in [2.24, 2.45) is 0 Å². The number of fused-ring (bicyclic) bond motifs is 3. The first-order valence-corrected chi connectivity index (χ1v) is 15.1. The van der Waals surface area contributed by atoms with Crippen LogP contribution in [0.1, 0.15) is 65.5 Å². The molecular formula is C32H40N2O9S. The van der Waals surface area contributed by atoms with E-state index in [0.29, 0.717) is 16.7 Å². The van der Waals surface area contributed by atoms with E-state index in [1.807, 2.05) is 48.5 Å². The fourth-order valence-electron chi connectivity index (χ4n) is 4.50. The fraction of sp³-hybridized carbons (Fsp3) is 0.469. The highest BCUT2D eigenvalue weighted by Gasteiger charge is 2.41. The van der Waals surface area contributed by atoms with Crippen LogP contribution < -0.4 is 5.32 Å². The molecule has 3 rings (SSSR count). The van der Waals surface area contributed by atoms with Gasteiger partial charge in [0.15, 0.2) is 6.04 Å². The summed E-state index contributed by atoms with van der Waals surface area (Å²) >= 11 is 0.635. The summed E-state index contributed by atoms with van der Waals surface area (Å²) in [5.74, 6) is -1.49. The van der Waals surface area contributed by atoms with Crippen LogP contribution in [-0.2, 0) is 28.5 Å². The number of imide groups is 1. The standard InChI is InChI=1S/C32H40N2O9S/c1-19(33-28(37)41-17-24-22-15-11-9-13-20(22)21-14-10-12-16-23(21)24)27(36)44-18-25(26(35)40-8)34(29(38)42-31(2,3)4)30(39)43-32(5,6)7/h9-16,19,24-25H,17-18H2,1-8H3,(H,33,37)/t19-,25?/m0/s1. The highest BCUT2D eigenvalue weighted by Crippen LogP contribution is 2.44. The summed E-state index contributed by atoms with van der Waals surface area (Å²) in [7, 11) is 1.09. The number of thioether (sulfide) groups is 1. The third kappa shape index (κ3) is 8.98. The molecule has 0 aromatic heterocycles. The molecule has 2 aromatic carbocycles. The Morgan fingerprint density at radius 2 is 1.32 bits per heavy atom. The van der Waals surface area contributed by atoms with Crippen LogP contribution in [0.25, 0.3) is 11.1 Å². The Balaban J connectivity index is 1.65. The number of carbonyl (C=O) groups is 5. The summed E-state index contributed by atoms with van der Waals surface area (Å²) < 4.78 is 21.0. The second kappa shape index (κ2) is 14.1. The van der Waals surface area contributed by atoms with E-state index in [0.717, 1.165) is 29.4 Å². The Morgan fingerprint density at radius 3 is 1.77 bits per heavy atom. The molecule has 0 bridgehead atoms. The lowest BCUT2D eigenvalue weighted by Gasteiger charge is -2.32. The Bertz CT molecular complexity index is 1320. The highest BCUT2D eigenvalue weighted by atomic mass is 32.2. The van der Waals surface area contributed by atoms with Gasteiger partial charge in [0.05, 0.1) is 13.2 Å². The van der Waals surface area contributed by atoms with Crippen LogP contribution in [0.15, 0.2) is 48.5 Å². The van der Waals surface area contributed by atoms with E-state index >= 15 is 0 Å². The number of hydrogen-bond acceptors (Lipinski definition) is 10. The molecule has 1 N–H and O–H groups in total. The maximum atomic E-state index is 13.0. The Morgan fingerprint density at radius 1 is 0.841 bits per heavy atom. The van der Waals surface area contributed by atoms with Gasteiger partial charge in [-0.3, -0.25) is 4.79 Å². The van der Waals surface area contributed by atoms with E-state index in [1.165, 1.54) is 6.92 Å². The van der Waals surface area contributed by atoms with E-state index in [2.05, 4.69) is 5.32 Å². The van der Waals surface area contributed by atoms with Crippen LogP contribution in [0.3, 0.4) is 0 Å². The Labute approximate surface area is 261 Å². The number of nitrogens with one attached hydrogen (secondary N) is 1. The van der Waals surface area contributed by atoms with Crippen molar-refractivity contribution in [3.05, 3.63) is 59.7 Å². The van der Waals surface area contributed by atoms with Crippen molar-refractivity contribution in [1.82, 2.24) is 10.2 Å². The fourth-order valence-corrected chi connectivity index (χ4v) is 5.41. The molecule has 0 fully saturated rings. The minimum absolute atomic E-state index is 0.0685. The van der Waals surface area contributed by atoms with Crippen LogP contribution in [0.2, 0.25) is 0 Å². The SMILES string of the molecule is COC(=O)C(CSC(=O)[C@H](C)NC(=O)OCC1c2ccccc2-c2ccccc21)N(C(=O)OC(C)(C)C)C(=O)OC(C)(C)C. The van der Waals surface area contributed by atoms with Gasteiger partial charge in [0, 0.05) is 11.7 Å². The molecule has 0 saturated heterocycles. The molecule has 0 aliphatic heterocycles. The maximum Gasteiger partial charge on any atom is 0.420 e. The van der Waals surface area contributed by atoms with Crippen LogP contribution in [0.4, 0.5) is 14.4 Å². The van der Waals surface area contributed by atoms with Crippen molar-refractivity contribution in [3.63, 3.8) is 0 Å². The van der Waals surface area contributed by atoms with Crippen LogP contribution in [-0.4, -0.2) is 77.0 Å². The molecule has 0 saturated carbocycles. The molecule has 2 aromatic rings. The number of amides is 3. The molecule has 1 aliphatic rings. The number of methoxy groups -OCH3 is 1. The molecule has 12 heteroatoms. The minimum atomic E-state index is -1.56. The third-order valence-electron chi connectivity index (χ3n) is 6.38. The molecule has 3 amide bonds. The minimum Gasteiger partial charge on any atom is -0.467 e. The van der Waals surface area contributed by atoms with Gasteiger partial charge < -0.3 is 24.3 Å². The average Bonchev–Trinajstić information content (AvgIpc) is 3.25. The summed E-state index contributed by atoms with van der Waals surface area (Å²) in [6.07, 6.45) is -3.07. The van der Waals surface area contributed by atoms with Crippen LogP contribution >= 0.6 is 11.8 Å². The predicted octanol–water partition coefficient (Wildman–Crippen LogP) is 5.89. The largest absolute Gasteiger partial charge is 0.467 e. The van der Waals surface area contributed by atoms with Crippen LogP contribution in [0, 0.1) is 0 Å². The molecule has 2 atom stereocenters. The first kappa shape index (κ1) is 34.4. The van der Waals surface area contributed by atoms with Crippen LogP contribution in [0.5, 0.6) is 0 Å². The summed E-state index contributed by atoms with van der Waals surface area (Å²) in [4.78, 5) is 65.0. The number of nitrogens with zero attached hydrogens (tertiary/aromatic N) is 1. The van der Waals surface area contributed by atoms with Crippen molar-refractivity contribution in [1.29, 1.82) is 0 Å². The van der Waals surface area contributed by atoms with Gasteiger partial charge in [-0.1, -0.05) is 60.3 Å². The zero-order valence-corrected chi connectivity index (χ0v) is 27.1. The lowest BCUT2D eigenvalue weighted by atomic mass is 9.98. The number of ether oxygens (including phenoxy) is 4. The van der Waals surface area contributed by atoms with E-state index in [-0.39, 0.29) is 18.3 Å². The van der Waals surface area contributed by atoms with Gasteiger partial charge >= 0.3 is 24.2 Å². The highest BCUT2D eigenvalue weighted by molar-refractivity contribution is 8.13. The Kier molecular flexibility index (Phi) is 11.1. The number of hydrogen-bond donors (Lipinski definition) is 1. The summed E-state index contributed by atoms with van der Waals surface area (Å²) in [5, 5.41) is 1.97. The van der Waals surface area contributed by atoms with Gasteiger partial charge in [-0.05, 0) is 70.7 Å². The van der Waals surface area contributed by atoms with Crippen molar-refractivity contribution in [2.45, 2.75) is 77.7 Å². The third-order valence-corrected chi connectivity index (χ3v) is 7.50. The topological polar surface area (TPSA) is 138 Å². The number of carbonyl (C=O) groups excluding carboxylic acids is 5. The summed E-state index contributed by atoms with van der Waals surface area (Å²) in [6, 6.07) is 13.3. The molecule has 238 valence electrons. The van der Waals surface area contributed by atoms with Gasteiger partial charge in [0.25, 0.3) is 0 Å². The number of benzene rings is 2. The Hall–Kier alpha value is -4.06. The summed E-state index contributed by atoms with van der Waals surface area (Å²) in [5.41, 5.74) is 2.28. The van der Waals surface area contributed by atoms with E-state index < -0.39 is 52.7 Å². The van der Waals surface area contributed by atoms with Gasteiger partial charge in [-0.15, -0.1) is 0 Å². The zero-order valence-electron chi connectivity index (χ0n) is 26.3. The van der Waals surface area contributed by atoms with E-state index in [4.69, 9.17) is 18.9 Å². The van der Waals surface area contributed by atoms with Crippen molar-refractivity contribution in [3.8, 4) is 11.1 Å². The molecule has 44 heavy (non-hydrogen) atoms. The molecule has 0 heterocycles. The van der Waals surface area contributed by atoms with Gasteiger partial charge in [0.1, 0.15) is 17.8 Å². The first-order chi connectivity index (χ1) is 20.5. The second-order valence-electron chi connectivity index (χ2n) is 12.2. The molecule has 1 unspecified atom stereocenters. The molecule has 0 spiro atoms. The van der Waals surface area contributed by atoms with Crippen molar-refractivity contribution >= 4 is 41.1 Å². The van der Waals surface area contributed by atoms with E-state index in [9.17, 15) is 24.0 Å². The average molecular weight is 629 g/mol. The maximum absolute atomic E-state index is 13.0. The molecule has 0 radical (unpaired) electrons. The zero-order chi connectivity index (χ0) is 32.8. The van der Waals surface area contributed by atoms with Crippen molar-refractivity contribution < 1.29 is 42.9 Å². The number of esters is 1. The van der Waals surface area contributed by atoms with Gasteiger partial charge in [-0.25, -0.2) is 19.2 Å². The van der Waals surface area contributed by atoms with E-state index in [1.54, 1.807) is 41.5 Å². The smallest absolute Gasteiger partial charge is 0.420 e. The number of rotatable bonds is 8. The quantitative estimate of drug-likeness (QED) is 0.278. The van der Waals surface area contributed by atoms with Gasteiger partial charge in [-0.2, -0.15) is 4.90 Å². The lowest BCUT2D eigenvalue weighted by Crippen LogP contribution is -2.53. The molecule has 1 aliphatic carbocycles. The van der Waals surface area contributed by atoms with Gasteiger partial charge in [0.2, 0.25) is 5.12 Å². The molecule has 11 nitrogen and oxygen atoms in total. The second-order valence-corrected chi connectivity index (χ2v) is 13.2. The predicted molar refractivity (Wildman–Crippen MR) is 165 cm³/mol. The molecular weight excluding hydrogens is 588 g/mol. The first-order valence-electron chi connectivity index (χ1n) is 14.1. The lowest BCUT2D eigenvalue weighted by molar-refractivity contribution is -0.145. The summed E-state index contributed by atoms with van der Waals surface area (Å²) in [6.45, 7) is 11.1. The normalized spacial score (nSPS) is 13.9. The van der Waals surface area contributed by atoms with Crippen molar-refractivity contribution in [2.75, 3.05) is 19.5 Å².